The molecule has 0 unspecified atom stereocenters. The van der Waals surface area contributed by atoms with Gasteiger partial charge in [0.15, 0.2) is 0 Å². The van der Waals surface area contributed by atoms with Crippen LogP contribution in [0.1, 0.15) is 27.7 Å². The summed E-state index contributed by atoms with van der Waals surface area (Å²) in [6.45, 7) is 8.15. The molecule has 0 spiro atoms. The third-order valence-corrected chi connectivity index (χ3v) is 4.48. The summed E-state index contributed by atoms with van der Waals surface area (Å²) in [5, 5.41) is 3.16. The molecule has 2 N–H and O–H groups in total. The smallest absolute Gasteiger partial charge is 0.399 e. The molecule has 1 aliphatic rings. The van der Waals surface area contributed by atoms with Gasteiger partial charge in [0.05, 0.1) is 11.2 Å². The normalized spacial score (nSPS) is 18.9. The SMILES string of the molecule is CC1(C)OB(c2ccc(Nc3cccc(=O)[nH]3)cc2)OC1(C)C. The molecule has 0 bridgehead atoms. The lowest BCUT2D eigenvalue weighted by Gasteiger charge is -2.32. The lowest BCUT2D eigenvalue weighted by molar-refractivity contribution is 0.00578. The number of pyridine rings is 1. The zero-order valence-electron chi connectivity index (χ0n) is 13.8. The van der Waals surface area contributed by atoms with E-state index < -0.39 is 0 Å². The summed E-state index contributed by atoms with van der Waals surface area (Å²) >= 11 is 0. The van der Waals surface area contributed by atoms with Crippen molar-refractivity contribution in [2.24, 2.45) is 0 Å². The van der Waals surface area contributed by atoms with Gasteiger partial charge in [0, 0.05) is 11.8 Å². The van der Waals surface area contributed by atoms with Crippen molar-refractivity contribution in [2.75, 3.05) is 5.32 Å². The van der Waals surface area contributed by atoms with Gasteiger partial charge < -0.3 is 19.6 Å². The van der Waals surface area contributed by atoms with Gasteiger partial charge in [-0.1, -0.05) is 18.2 Å². The number of aromatic amines is 1. The van der Waals surface area contributed by atoms with Gasteiger partial charge in [0.2, 0.25) is 5.56 Å². The number of rotatable bonds is 3. The van der Waals surface area contributed by atoms with Crippen molar-refractivity contribution in [1.29, 1.82) is 0 Å². The molecule has 23 heavy (non-hydrogen) atoms. The summed E-state index contributed by atoms with van der Waals surface area (Å²) in [4.78, 5) is 14.0. The van der Waals surface area contributed by atoms with Crippen molar-refractivity contribution < 1.29 is 9.31 Å². The molecule has 120 valence electrons. The van der Waals surface area contributed by atoms with Crippen LogP contribution in [-0.2, 0) is 9.31 Å². The van der Waals surface area contributed by atoms with E-state index in [0.717, 1.165) is 11.2 Å². The number of hydrogen-bond acceptors (Lipinski definition) is 4. The maximum Gasteiger partial charge on any atom is 0.494 e. The van der Waals surface area contributed by atoms with E-state index in [4.69, 9.17) is 9.31 Å². The lowest BCUT2D eigenvalue weighted by Crippen LogP contribution is -2.41. The Kier molecular flexibility index (Phi) is 3.82. The predicted octanol–water partition coefficient (Wildman–Crippen LogP) is 2.42. The first kappa shape index (κ1) is 15.8. The van der Waals surface area contributed by atoms with Crippen LogP contribution >= 0.6 is 0 Å². The van der Waals surface area contributed by atoms with E-state index >= 15 is 0 Å². The fraction of sp³-hybridized carbons (Fsp3) is 0.353. The molecule has 1 saturated heterocycles. The van der Waals surface area contributed by atoms with Gasteiger partial charge in [-0.3, -0.25) is 4.79 Å². The van der Waals surface area contributed by atoms with Gasteiger partial charge in [-0.05, 0) is 51.4 Å². The van der Waals surface area contributed by atoms with Crippen LogP contribution in [0.5, 0.6) is 0 Å². The molecule has 6 heteroatoms. The molecule has 2 heterocycles. The second kappa shape index (κ2) is 5.55. The van der Waals surface area contributed by atoms with Gasteiger partial charge in [-0.15, -0.1) is 0 Å². The van der Waals surface area contributed by atoms with Crippen LogP contribution in [0, 0.1) is 0 Å². The number of hydrogen-bond donors (Lipinski definition) is 2. The fourth-order valence-electron chi connectivity index (χ4n) is 2.38. The first-order valence-electron chi connectivity index (χ1n) is 7.69. The Hall–Kier alpha value is -2.05. The quantitative estimate of drug-likeness (QED) is 0.855. The molecule has 0 amide bonds. The Labute approximate surface area is 136 Å². The number of H-pyrrole nitrogens is 1. The number of anilines is 2. The molecule has 2 aromatic rings. The van der Waals surface area contributed by atoms with Gasteiger partial charge >= 0.3 is 7.12 Å². The van der Waals surface area contributed by atoms with Crippen LogP contribution in [-0.4, -0.2) is 23.3 Å². The monoisotopic (exact) mass is 312 g/mol. The van der Waals surface area contributed by atoms with Crippen LogP contribution in [0.25, 0.3) is 0 Å². The van der Waals surface area contributed by atoms with Crippen LogP contribution in [0.15, 0.2) is 47.3 Å². The van der Waals surface area contributed by atoms with Gasteiger partial charge in [-0.2, -0.15) is 0 Å². The number of benzene rings is 1. The standard InChI is InChI=1S/C17H21BN2O3/c1-16(2)17(3,4)23-18(22-16)12-8-10-13(11-9-12)19-14-6-5-7-15(21)20-14/h5-11H,1-4H3,(H2,19,20,21). The molecular weight excluding hydrogens is 291 g/mol. The number of nitrogens with one attached hydrogen (secondary N) is 2. The van der Waals surface area contributed by atoms with Gasteiger partial charge in [0.25, 0.3) is 0 Å². The third kappa shape index (κ3) is 3.18. The minimum absolute atomic E-state index is 0.135. The second-order valence-corrected chi connectivity index (χ2v) is 6.76. The summed E-state index contributed by atoms with van der Waals surface area (Å²) in [5.74, 6) is 0.654. The highest BCUT2D eigenvalue weighted by Gasteiger charge is 2.51. The predicted molar refractivity (Wildman–Crippen MR) is 92.5 cm³/mol. The highest BCUT2D eigenvalue weighted by molar-refractivity contribution is 6.62. The summed E-state index contributed by atoms with van der Waals surface area (Å²) in [6, 6.07) is 12.8. The minimum atomic E-state index is -0.370. The topological polar surface area (TPSA) is 63.3 Å². The zero-order chi connectivity index (χ0) is 16.7. The minimum Gasteiger partial charge on any atom is -0.399 e. The Morgan fingerprint density at radius 1 is 0.957 bits per heavy atom. The summed E-state index contributed by atoms with van der Waals surface area (Å²) in [5.41, 5.74) is 1.02. The second-order valence-electron chi connectivity index (χ2n) is 6.76. The molecule has 0 radical (unpaired) electrons. The van der Waals surface area contributed by atoms with E-state index in [1.165, 1.54) is 6.07 Å². The highest BCUT2D eigenvalue weighted by Crippen LogP contribution is 2.36. The Bertz CT molecular complexity index is 737. The molecule has 0 atom stereocenters. The van der Waals surface area contributed by atoms with E-state index in [1.54, 1.807) is 6.07 Å². The van der Waals surface area contributed by atoms with Crippen LogP contribution in [0.4, 0.5) is 11.5 Å². The largest absolute Gasteiger partial charge is 0.494 e. The fourth-order valence-corrected chi connectivity index (χ4v) is 2.38. The highest BCUT2D eigenvalue weighted by atomic mass is 16.7. The van der Waals surface area contributed by atoms with Crippen molar-refractivity contribution in [2.45, 2.75) is 38.9 Å². The van der Waals surface area contributed by atoms with E-state index in [9.17, 15) is 4.79 Å². The average Bonchev–Trinajstić information content (AvgIpc) is 2.68. The zero-order valence-corrected chi connectivity index (χ0v) is 13.8. The molecule has 1 fully saturated rings. The molecular formula is C17H21BN2O3. The van der Waals surface area contributed by atoms with E-state index in [-0.39, 0.29) is 23.9 Å². The Morgan fingerprint density at radius 3 is 2.13 bits per heavy atom. The molecule has 3 rings (SSSR count). The van der Waals surface area contributed by atoms with E-state index in [0.29, 0.717) is 5.82 Å². The van der Waals surface area contributed by atoms with Gasteiger partial charge in [-0.25, -0.2) is 0 Å². The Balaban J connectivity index is 1.74. The van der Waals surface area contributed by atoms with E-state index in [2.05, 4.69) is 10.3 Å². The first-order valence-corrected chi connectivity index (χ1v) is 7.69. The van der Waals surface area contributed by atoms with Gasteiger partial charge in [0.1, 0.15) is 5.82 Å². The maximum atomic E-state index is 11.3. The lowest BCUT2D eigenvalue weighted by atomic mass is 9.79. The van der Waals surface area contributed by atoms with Crippen molar-refractivity contribution >= 4 is 24.1 Å². The average molecular weight is 312 g/mol. The van der Waals surface area contributed by atoms with Crippen LogP contribution in [0.3, 0.4) is 0 Å². The molecule has 0 aliphatic carbocycles. The van der Waals surface area contributed by atoms with Crippen molar-refractivity contribution in [3.63, 3.8) is 0 Å². The van der Waals surface area contributed by atoms with E-state index in [1.807, 2.05) is 58.0 Å². The van der Waals surface area contributed by atoms with Crippen molar-refractivity contribution in [3.8, 4) is 0 Å². The molecule has 5 nitrogen and oxygen atoms in total. The summed E-state index contributed by atoms with van der Waals surface area (Å²) < 4.78 is 12.1. The number of aromatic nitrogens is 1. The summed E-state index contributed by atoms with van der Waals surface area (Å²) in [7, 11) is -0.370. The van der Waals surface area contributed by atoms with Crippen molar-refractivity contribution in [3.05, 3.63) is 52.8 Å². The Morgan fingerprint density at radius 2 is 1.57 bits per heavy atom. The molecule has 1 aromatic carbocycles. The molecule has 0 saturated carbocycles. The first-order chi connectivity index (χ1) is 10.8. The molecule has 1 aromatic heterocycles. The molecule has 1 aliphatic heterocycles. The van der Waals surface area contributed by atoms with Crippen LogP contribution in [0.2, 0.25) is 0 Å². The van der Waals surface area contributed by atoms with Crippen molar-refractivity contribution in [1.82, 2.24) is 4.98 Å². The van der Waals surface area contributed by atoms with Crippen LogP contribution < -0.4 is 16.3 Å². The summed E-state index contributed by atoms with van der Waals surface area (Å²) in [6.07, 6.45) is 0. The third-order valence-electron chi connectivity index (χ3n) is 4.48. The maximum absolute atomic E-state index is 11.3.